The molecule has 0 saturated heterocycles. The maximum atomic E-state index is 11.6. The van der Waals surface area contributed by atoms with E-state index in [0.717, 1.165) is 84.7 Å². The van der Waals surface area contributed by atoms with Gasteiger partial charge in [-0.2, -0.15) is 0 Å². The number of ether oxygens (including phenoxy) is 1. The van der Waals surface area contributed by atoms with Crippen molar-refractivity contribution in [1.29, 1.82) is 0 Å². The number of para-hydroxylation sites is 4. The van der Waals surface area contributed by atoms with Gasteiger partial charge in [-0.3, -0.25) is 19.8 Å². The molecule has 17 nitrogen and oxygen atoms in total. The Kier molecular flexibility index (Phi) is 22.9. The molecule has 0 atom stereocenters. The van der Waals surface area contributed by atoms with E-state index in [9.17, 15) is 9.59 Å². The van der Waals surface area contributed by atoms with Crippen LogP contribution in [0.15, 0.2) is 248 Å². The van der Waals surface area contributed by atoms with Crippen LogP contribution in [0.5, 0.6) is 0 Å². The minimum absolute atomic E-state index is 0. The molecule has 6 aromatic carbocycles. The van der Waals surface area contributed by atoms with Crippen molar-refractivity contribution in [3.05, 3.63) is 270 Å². The maximum absolute atomic E-state index is 11.6. The number of thiazole rings is 4. The first kappa shape index (κ1) is 63.2. The van der Waals surface area contributed by atoms with Crippen LogP contribution in [0.25, 0.3) is 40.9 Å². The first-order valence-electron chi connectivity index (χ1n) is 26.7. The van der Waals surface area contributed by atoms with Gasteiger partial charge >= 0.3 is 5.97 Å². The number of benzene rings is 6. The smallest absolute Gasteiger partial charge is 0.337 e. The summed E-state index contributed by atoms with van der Waals surface area (Å²) >= 11 is 9.59. The van der Waals surface area contributed by atoms with Gasteiger partial charge in [-0.15, -0.1) is 0 Å². The van der Waals surface area contributed by atoms with Crippen LogP contribution in [0.4, 0.5) is 38.0 Å². The number of hydrogen-bond acceptors (Lipinski definition) is 20. The van der Waals surface area contributed by atoms with Crippen LogP contribution in [0.3, 0.4) is 0 Å². The summed E-state index contributed by atoms with van der Waals surface area (Å²) < 4.78 is 10.2. The Balaban J connectivity index is 0.000000140. The summed E-state index contributed by atoms with van der Waals surface area (Å²) in [5.74, 6) is 1.58. The Labute approximate surface area is 542 Å². The largest absolute Gasteiger partial charge is 0.465 e. The molecule has 14 aromatic rings. The maximum Gasteiger partial charge on any atom is 0.337 e. The van der Waals surface area contributed by atoms with E-state index in [1.54, 1.807) is 88.5 Å². The van der Waals surface area contributed by atoms with E-state index in [-0.39, 0.29) is 24.5 Å². The number of amides is 1. The van der Waals surface area contributed by atoms with Gasteiger partial charge < -0.3 is 15.8 Å². The number of halogens is 1. The summed E-state index contributed by atoms with van der Waals surface area (Å²) in [7, 11) is 1.38. The van der Waals surface area contributed by atoms with E-state index in [1.165, 1.54) is 23.1 Å². The number of anilines is 7. The molecule has 8 heterocycles. The summed E-state index contributed by atoms with van der Waals surface area (Å²) in [6.07, 6.45) is 7.03. The third-order valence-corrected chi connectivity index (χ3v) is 16.8. The van der Waals surface area contributed by atoms with Crippen molar-refractivity contribution in [3.63, 3.8) is 0 Å². The van der Waals surface area contributed by atoms with Crippen molar-refractivity contribution in [2.75, 3.05) is 28.0 Å². The van der Waals surface area contributed by atoms with Crippen LogP contribution in [-0.2, 0) is 36.4 Å². The third-order valence-electron chi connectivity index (χ3n) is 12.4. The molecule has 437 valence electrons. The third kappa shape index (κ3) is 17.4. The van der Waals surface area contributed by atoms with Gasteiger partial charge in [0.25, 0.3) is 5.91 Å². The number of nitrogens with zero attached hydrogens (tertiary/aromatic N) is 10. The first-order chi connectivity index (χ1) is 42.7. The Morgan fingerprint density at radius 1 is 0.489 bits per heavy atom. The van der Waals surface area contributed by atoms with Crippen molar-refractivity contribution in [2.24, 2.45) is 0 Å². The standard InChI is InChI=1S/C21H17N3O2S.C20H16N4O2S.C12H9N3S.C7H6N2S.C5H4BrN.V/c1-26-20(25)16-11-9-15(10-12-16)14-24(19-8-4-5-13-22-19)21-23-17-6-2-3-7-18(17)27-21;25-19(23-26)15-10-8-14(9-11-15)13-24(18-7-3-4-12-21-18)20-22-16-5-1-2-6-17(16)27-20;1-2-6-10-9(5-1)14-12(16-10)15-11-7-3-4-8-13-11;8-7-9-5-3-1-2-4-6(5)10-7;6-5-3-1-2-4-7-5;/h2-13H,14H2,1H3;1-12,26H,13H2,(H,23,25);1-8H,(H,13,14,15);1-4H,(H2,8,9);1-4H;. The number of hydroxylamine groups is 1. The zero-order valence-electron chi connectivity index (χ0n) is 46.7. The Morgan fingerprint density at radius 3 is 1.31 bits per heavy atom. The van der Waals surface area contributed by atoms with E-state index >= 15 is 0 Å². The molecule has 0 bridgehead atoms. The number of carbonyl (C=O) groups excluding carboxylic acids is 2. The predicted molar refractivity (Wildman–Crippen MR) is 356 cm³/mol. The van der Waals surface area contributed by atoms with Gasteiger partial charge in [0.1, 0.15) is 22.1 Å². The summed E-state index contributed by atoms with van der Waals surface area (Å²) in [6.45, 7) is 1.15. The number of carbonyl (C=O) groups is 2. The van der Waals surface area contributed by atoms with Crippen molar-refractivity contribution < 1.29 is 38.1 Å². The number of rotatable bonds is 12. The second-order valence-corrected chi connectivity index (χ2v) is 23.2. The molecule has 1 radical (unpaired) electrons. The number of fused-ring (bicyclic) bond motifs is 4. The summed E-state index contributed by atoms with van der Waals surface area (Å²) in [5.41, 5.74) is 14.0. The molecule has 14 rings (SSSR count). The number of pyridine rings is 4. The molecule has 1 amide bonds. The predicted octanol–water partition coefficient (Wildman–Crippen LogP) is 16.1. The van der Waals surface area contributed by atoms with Crippen LogP contribution in [0.2, 0.25) is 0 Å². The second-order valence-electron chi connectivity index (χ2n) is 18.3. The fraction of sp³-hybridized carbons (Fsp3) is 0.0462. The molecule has 0 unspecified atom stereocenters. The van der Waals surface area contributed by atoms with Crippen molar-refractivity contribution in [2.45, 2.75) is 13.1 Å². The first-order valence-corrected chi connectivity index (χ1v) is 30.7. The molecule has 5 N–H and O–H groups in total. The van der Waals surface area contributed by atoms with Gasteiger partial charge in [0.05, 0.1) is 66.6 Å². The minimum atomic E-state index is -0.533. The van der Waals surface area contributed by atoms with E-state index in [4.69, 9.17) is 25.6 Å². The second kappa shape index (κ2) is 31.9. The fourth-order valence-corrected chi connectivity index (χ4v) is 12.1. The fourth-order valence-electron chi connectivity index (χ4n) is 8.23. The average Bonchev–Trinajstić information content (AvgIpc) is 4.14. The van der Waals surface area contributed by atoms with Gasteiger partial charge in [0.15, 0.2) is 20.5 Å². The van der Waals surface area contributed by atoms with Crippen LogP contribution in [0, 0.1) is 0 Å². The number of nitrogen functional groups attached to an aromatic ring is 1. The van der Waals surface area contributed by atoms with Crippen LogP contribution in [0.1, 0.15) is 31.8 Å². The van der Waals surface area contributed by atoms with Crippen LogP contribution >= 0.6 is 61.3 Å². The Bertz CT molecular complexity index is 4150. The van der Waals surface area contributed by atoms with E-state index in [0.29, 0.717) is 29.3 Å². The van der Waals surface area contributed by atoms with E-state index < -0.39 is 5.91 Å². The quantitative estimate of drug-likeness (QED) is 0.0386. The number of esters is 1. The Hall–Kier alpha value is -9.36. The summed E-state index contributed by atoms with van der Waals surface area (Å²) in [6, 6.07) is 69.6. The number of aromatic nitrogens is 8. The monoisotopic (exact) mass is 1340 g/mol. The molecule has 88 heavy (non-hydrogen) atoms. The van der Waals surface area contributed by atoms with Gasteiger partial charge in [-0.1, -0.05) is 142 Å². The van der Waals surface area contributed by atoms with Crippen LogP contribution in [-0.4, -0.2) is 64.1 Å². The molecule has 0 fully saturated rings. The number of nitrogens with one attached hydrogen (secondary N) is 2. The zero-order chi connectivity index (χ0) is 60.2. The zero-order valence-corrected chi connectivity index (χ0v) is 52.9. The molecule has 0 aliphatic rings. The molecule has 0 aliphatic heterocycles. The van der Waals surface area contributed by atoms with Gasteiger partial charge in [0, 0.05) is 48.9 Å². The average molecular weight is 1340 g/mol. The number of hydrogen-bond donors (Lipinski definition) is 4. The van der Waals surface area contributed by atoms with Gasteiger partial charge in [-0.25, -0.2) is 50.1 Å². The number of methoxy groups -OCH3 is 1. The molecule has 23 heteroatoms. The van der Waals surface area contributed by atoms with Crippen LogP contribution < -0.4 is 26.3 Å². The topological polar surface area (TPSA) is 223 Å². The SMILES string of the molecule is Brc1ccccn1.COC(=O)c1ccc(CN(c2ccccn2)c2nc3ccccc3s2)cc1.Nc1nc2ccccc2s1.O=C(NO)c1ccc(CN(c2ccccn2)c2nc3ccccc3s2)cc1.[V].c1ccc(Nc2nc3ccccc3s2)nc1. The van der Waals surface area contributed by atoms with Gasteiger partial charge in [-0.05, 0) is 148 Å². The Morgan fingerprint density at radius 2 is 0.909 bits per heavy atom. The molecule has 0 saturated carbocycles. The normalized spacial score (nSPS) is 10.4. The number of nitrogens with two attached hydrogens (primary N) is 1. The summed E-state index contributed by atoms with van der Waals surface area (Å²) in [4.78, 5) is 62.4. The molecule has 0 spiro atoms. The van der Waals surface area contributed by atoms with Gasteiger partial charge in [0.2, 0.25) is 0 Å². The van der Waals surface area contributed by atoms with Crippen molar-refractivity contribution in [3.8, 4) is 0 Å². The van der Waals surface area contributed by atoms with Crippen molar-refractivity contribution >= 4 is 152 Å². The summed E-state index contributed by atoms with van der Waals surface area (Å²) in [5, 5.41) is 15.2. The minimum Gasteiger partial charge on any atom is -0.465 e. The van der Waals surface area contributed by atoms with E-state index in [1.807, 2.05) is 181 Å². The van der Waals surface area contributed by atoms with E-state index in [2.05, 4.69) is 74.2 Å². The molecular weight excluding hydrogens is 1290 g/mol. The van der Waals surface area contributed by atoms with Crippen molar-refractivity contribution in [1.82, 2.24) is 45.4 Å². The molecular formula is C65H52BrN13O4S4V. The molecule has 0 aliphatic carbocycles. The molecule has 8 aromatic heterocycles.